The lowest BCUT2D eigenvalue weighted by atomic mass is 10.1. The molecule has 0 aliphatic rings. The largest absolute Gasteiger partial charge is 0.433 e. The lowest BCUT2D eigenvalue weighted by molar-refractivity contribution is -0.140. The van der Waals surface area contributed by atoms with Gasteiger partial charge in [0.1, 0.15) is 5.69 Å². The molecule has 1 heterocycles. The van der Waals surface area contributed by atoms with E-state index in [4.69, 9.17) is 11.6 Å². The molecule has 0 aliphatic heterocycles. The minimum absolute atomic E-state index is 0.276. The first-order valence-corrected chi connectivity index (χ1v) is 6.21. The van der Waals surface area contributed by atoms with Gasteiger partial charge >= 0.3 is 6.18 Å². The van der Waals surface area contributed by atoms with Crippen LogP contribution < -0.4 is 5.32 Å². The van der Waals surface area contributed by atoms with Gasteiger partial charge in [-0.05, 0) is 30.7 Å². The average Bonchev–Trinajstić information content (AvgIpc) is 2.34. The maximum Gasteiger partial charge on any atom is 0.433 e. The Morgan fingerprint density at radius 1 is 1.26 bits per heavy atom. The smallest absolute Gasteiger partial charge is 0.384 e. The number of nitrogens with one attached hydrogen (secondary N) is 1. The molecule has 0 bridgehead atoms. The number of halogens is 4. The van der Waals surface area contributed by atoms with E-state index in [1.807, 2.05) is 6.92 Å². The van der Waals surface area contributed by atoms with Gasteiger partial charge in [-0.1, -0.05) is 18.5 Å². The summed E-state index contributed by atoms with van der Waals surface area (Å²) in [4.78, 5) is 3.63. The van der Waals surface area contributed by atoms with Gasteiger partial charge in [0.25, 0.3) is 0 Å². The molecular weight excluding hydrogens is 277 g/mol. The summed E-state index contributed by atoms with van der Waals surface area (Å²) < 4.78 is 38.3. The van der Waals surface area contributed by atoms with Gasteiger partial charge in [-0.3, -0.25) is 0 Å². The number of rotatable bonds is 3. The van der Waals surface area contributed by atoms with Crippen molar-refractivity contribution in [3.63, 3.8) is 0 Å². The molecule has 1 aromatic heterocycles. The third kappa shape index (κ3) is 3.10. The number of nitrogens with zero attached hydrogens (tertiary/aromatic N) is 1. The fourth-order valence-electron chi connectivity index (χ4n) is 1.75. The Hall–Kier alpha value is -1.49. The van der Waals surface area contributed by atoms with Crippen LogP contribution in [0, 0.1) is 0 Å². The molecule has 1 N–H and O–H groups in total. The second-order valence-electron chi connectivity index (χ2n) is 4.14. The van der Waals surface area contributed by atoms with Crippen molar-refractivity contribution in [1.82, 2.24) is 4.98 Å². The minimum Gasteiger partial charge on any atom is -0.384 e. The van der Waals surface area contributed by atoms with Gasteiger partial charge < -0.3 is 5.32 Å². The van der Waals surface area contributed by atoms with E-state index in [2.05, 4.69) is 10.3 Å². The van der Waals surface area contributed by atoms with Crippen LogP contribution in [0.3, 0.4) is 0 Å². The van der Waals surface area contributed by atoms with Gasteiger partial charge in [0, 0.05) is 22.6 Å². The molecule has 0 aliphatic carbocycles. The van der Waals surface area contributed by atoms with E-state index < -0.39 is 11.9 Å². The van der Waals surface area contributed by atoms with Crippen LogP contribution in [0.4, 0.5) is 18.9 Å². The Labute approximate surface area is 113 Å². The molecule has 2 aromatic rings. The highest BCUT2D eigenvalue weighted by atomic mass is 35.5. The quantitative estimate of drug-likeness (QED) is 0.883. The van der Waals surface area contributed by atoms with E-state index in [0.29, 0.717) is 22.6 Å². The second-order valence-corrected chi connectivity index (χ2v) is 4.58. The topological polar surface area (TPSA) is 24.9 Å². The first kappa shape index (κ1) is 13.9. The van der Waals surface area contributed by atoms with Gasteiger partial charge in [-0.15, -0.1) is 0 Å². The fraction of sp³-hybridized carbons (Fsp3) is 0.308. The highest BCUT2D eigenvalue weighted by molar-refractivity contribution is 6.31. The molecular formula is C13H12ClF3N2. The number of alkyl halides is 3. The second kappa shape index (κ2) is 5.25. The monoisotopic (exact) mass is 288 g/mol. The Morgan fingerprint density at radius 2 is 2.00 bits per heavy atom. The normalized spacial score (nSPS) is 11.8. The summed E-state index contributed by atoms with van der Waals surface area (Å²) in [6.07, 6.45) is -3.65. The van der Waals surface area contributed by atoms with E-state index in [1.165, 1.54) is 12.1 Å². The molecule has 19 heavy (non-hydrogen) atoms. The predicted octanol–water partition coefficient (Wildman–Crippen LogP) is 4.73. The number of fused-ring (bicyclic) bond motifs is 1. The Morgan fingerprint density at radius 3 is 2.63 bits per heavy atom. The first-order chi connectivity index (χ1) is 8.91. The standard InChI is InChI=1S/C13H12ClF3N2/c1-2-5-18-11-7-12(13(15,16)17)19-10-4-3-8(14)6-9(10)11/h3-4,6-7H,2,5H2,1H3,(H,18,19). The summed E-state index contributed by atoms with van der Waals surface area (Å²) in [5.41, 5.74) is -0.222. The minimum atomic E-state index is -4.46. The number of hydrogen-bond acceptors (Lipinski definition) is 2. The van der Waals surface area contributed by atoms with Gasteiger partial charge in [0.05, 0.1) is 5.52 Å². The van der Waals surface area contributed by atoms with Crippen molar-refractivity contribution in [2.75, 3.05) is 11.9 Å². The van der Waals surface area contributed by atoms with Crippen LogP contribution in [-0.4, -0.2) is 11.5 Å². The zero-order chi connectivity index (χ0) is 14.0. The first-order valence-electron chi connectivity index (χ1n) is 5.83. The average molecular weight is 289 g/mol. The van der Waals surface area contributed by atoms with Gasteiger partial charge in [-0.25, -0.2) is 4.98 Å². The van der Waals surface area contributed by atoms with Crippen LogP contribution >= 0.6 is 11.6 Å². The summed E-state index contributed by atoms with van der Waals surface area (Å²) in [5, 5.41) is 4.04. The van der Waals surface area contributed by atoms with Crippen LogP contribution in [0.15, 0.2) is 24.3 Å². The zero-order valence-electron chi connectivity index (χ0n) is 10.2. The molecule has 102 valence electrons. The van der Waals surface area contributed by atoms with Crippen molar-refractivity contribution >= 4 is 28.2 Å². The molecule has 2 rings (SSSR count). The predicted molar refractivity (Wildman–Crippen MR) is 70.5 cm³/mol. The Kier molecular flexibility index (Phi) is 3.85. The third-order valence-corrected chi connectivity index (χ3v) is 2.86. The maximum absolute atomic E-state index is 12.8. The molecule has 0 radical (unpaired) electrons. The van der Waals surface area contributed by atoms with Crippen LogP contribution in [0.2, 0.25) is 5.02 Å². The Balaban J connectivity index is 2.62. The summed E-state index contributed by atoms with van der Waals surface area (Å²) in [5.74, 6) is 0. The molecule has 0 saturated carbocycles. The lowest BCUT2D eigenvalue weighted by Crippen LogP contribution is -2.10. The van der Waals surface area contributed by atoms with Crippen molar-refractivity contribution in [1.29, 1.82) is 0 Å². The van der Waals surface area contributed by atoms with E-state index in [0.717, 1.165) is 12.5 Å². The van der Waals surface area contributed by atoms with E-state index in [-0.39, 0.29) is 5.52 Å². The van der Waals surface area contributed by atoms with Crippen molar-refractivity contribution < 1.29 is 13.2 Å². The van der Waals surface area contributed by atoms with Crippen LogP contribution in [-0.2, 0) is 6.18 Å². The summed E-state index contributed by atoms with van der Waals surface area (Å²) >= 11 is 5.88. The van der Waals surface area contributed by atoms with Crippen molar-refractivity contribution in [2.45, 2.75) is 19.5 Å². The number of hydrogen-bond donors (Lipinski definition) is 1. The lowest BCUT2D eigenvalue weighted by Gasteiger charge is -2.13. The molecule has 0 amide bonds. The molecule has 2 nitrogen and oxygen atoms in total. The molecule has 0 unspecified atom stereocenters. The van der Waals surface area contributed by atoms with E-state index in [1.54, 1.807) is 6.07 Å². The molecule has 0 spiro atoms. The number of aromatic nitrogens is 1. The summed E-state index contributed by atoms with van der Waals surface area (Å²) in [6.45, 7) is 2.52. The molecule has 1 aromatic carbocycles. The fourth-order valence-corrected chi connectivity index (χ4v) is 1.92. The van der Waals surface area contributed by atoms with Crippen molar-refractivity contribution in [3.05, 3.63) is 35.0 Å². The summed E-state index contributed by atoms with van der Waals surface area (Å²) in [6, 6.07) is 5.65. The third-order valence-electron chi connectivity index (χ3n) is 2.63. The SMILES string of the molecule is CCCNc1cc(C(F)(F)F)nc2ccc(Cl)cc12. The number of anilines is 1. The van der Waals surface area contributed by atoms with Crippen LogP contribution in [0.1, 0.15) is 19.0 Å². The zero-order valence-corrected chi connectivity index (χ0v) is 10.9. The van der Waals surface area contributed by atoms with Crippen LogP contribution in [0.5, 0.6) is 0 Å². The molecule has 0 fully saturated rings. The van der Waals surface area contributed by atoms with Crippen LogP contribution in [0.25, 0.3) is 10.9 Å². The molecule has 0 saturated heterocycles. The van der Waals surface area contributed by atoms with E-state index >= 15 is 0 Å². The molecule has 0 atom stereocenters. The van der Waals surface area contributed by atoms with Gasteiger partial charge in [-0.2, -0.15) is 13.2 Å². The maximum atomic E-state index is 12.8. The van der Waals surface area contributed by atoms with Gasteiger partial charge in [0.2, 0.25) is 0 Å². The highest BCUT2D eigenvalue weighted by Crippen LogP contribution is 2.33. The molecule has 6 heteroatoms. The summed E-state index contributed by atoms with van der Waals surface area (Å²) in [7, 11) is 0. The van der Waals surface area contributed by atoms with Gasteiger partial charge in [0.15, 0.2) is 0 Å². The van der Waals surface area contributed by atoms with E-state index in [9.17, 15) is 13.2 Å². The van der Waals surface area contributed by atoms with Crippen molar-refractivity contribution in [2.24, 2.45) is 0 Å². The van der Waals surface area contributed by atoms with Crippen molar-refractivity contribution in [3.8, 4) is 0 Å². The highest BCUT2D eigenvalue weighted by Gasteiger charge is 2.33. The number of pyridine rings is 1. The number of benzene rings is 1. The Bertz CT molecular complexity index is 596.